The third-order valence-electron chi connectivity index (χ3n) is 6.37. The van der Waals surface area contributed by atoms with E-state index in [0.717, 1.165) is 0 Å². The molecule has 0 radical (unpaired) electrons. The Bertz CT molecular complexity index is 897. The standard InChI is InChI=1S/C14H23.C13H9.Zr/c1-9(2)12-7-8-13(10(3)4)14(12)11(5)6;1-3-7-12-10(5-1)9-11-6-2-4-8-13(11)12;/h7,9-11,13H,1-6H3;1-9H;. The van der Waals surface area contributed by atoms with Crippen molar-refractivity contribution in [2.45, 2.75) is 45.2 Å². The van der Waals surface area contributed by atoms with Crippen molar-refractivity contribution < 1.29 is 23.2 Å². The van der Waals surface area contributed by atoms with E-state index in [1.807, 2.05) is 3.28 Å². The van der Waals surface area contributed by atoms with E-state index in [0.29, 0.717) is 27.3 Å². The van der Waals surface area contributed by atoms with Crippen LogP contribution in [-0.4, -0.2) is 0 Å². The fourth-order valence-electron chi connectivity index (χ4n) is 5.21. The minimum absolute atomic E-state index is 0.624. The average molecular weight is 448 g/mol. The summed E-state index contributed by atoms with van der Waals surface area (Å²) in [6.07, 6.45) is 2.65. The van der Waals surface area contributed by atoms with Gasteiger partial charge in [-0.25, -0.2) is 0 Å². The van der Waals surface area contributed by atoms with Gasteiger partial charge in [-0.05, 0) is 0 Å². The zero-order valence-electron chi connectivity index (χ0n) is 18.1. The van der Waals surface area contributed by atoms with Crippen LogP contribution in [0.15, 0.2) is 69.0 Å². The van der Waals surface area contributed by atoms with Gasteiger partial charge in [-0.3, -0.25) is 0 Å². The second-order valence-corrected chi connectivity index (χ2v) is 12.8. The van der Waals surface area contributed by atoms with E-state index >= 15 is 0 Å². The first-order valence-corrected chi connectivity index (χ1v) is 13.4. The molecule has 28 heavy (non-hydrogen) atoms. The zero-order chi connectivity index (χ0) is 20.0. The quantitative estimate of drug-likeness (QED) is 0.442. The molecule has 0 fully saturated rings. The van der Waals surface area contributed by atoms with E-state index in [2.05, 4.69) is 96.1 Å². The molecule has 0 bridgehead atoms. The van der Waals surface area contributed by atoms with Crippen molar-refractivity contribution in [1.82, 2.24) is 0 Å². The molecule has 1 atom stereocenters. The second-order valence-electron chi connectivity index (χ2n) is 9.29. The summed E-state index contributed by atoms with van der Waals surface area (Å²) in [5, 5.41) is 0. The number of hydrogen-bond acceptors (Lipinski definition) is 0. The van der Waals surface area contributed by atoms with Gasteiger partial charge in [0.15, 0.2) is 0 Å². The summed E-state index contributed by atoms with van der Waals surface area (Å²) in [6.45, 7) is 14.4. The van der Waals surface area contributed by atoms with Gasteiger partial charge in [0.1, 0.15) is 0 Å². The van der Waals surface area contributed by atoms with Crippen molar-refractivity contribution in [2.24, 2.45) is 23.7 Å². The average Bonchev–Trinajstić information content (AvgIpc) is 3.20. The van der Waals surface area contributed by atoms with Crippen LogP contribution < -0.4 is 0 Å². The van der Waals surface area contributed by atoms with Gasteiger partial charge in [-0.15, -0.1) is 0 Å². The Morgan fingerprint density at radius 1 is 0.714 bits per heavy atom. The van der Waals surface area contributed by atoms with Crippen LogP contribution in [0.1, 0.15) is 56.3 Å². The molecular formula is C27H32Zr. The van der Waals surface area contributed by atoms with Gasteiger partial charge in [0.25, 0.3) is 0 Å². The van der Waals surface area contributed by atoms with Crippen LogP contribution in [0.5, 0.6) is 0 Å². The molecule has 0 amide bonds. The fourth-order valence-corrected chi connectivity index (χ4v) is 10.3. The number of hydrogen-bond donors (Lipinski definition) is 0. The molecule has 2 aromatic rings. The summed E-state index contributed by atoms with van der Waals surface area (Å²) in [6, 6.07) is 18.3. The van der Waals surface area contributed by atoms with Crippen molar-refractivity contribution in [1.29, 1.82) is 0 Å². The molecule has 4 rings (SSSR count). The summed E-state index contributed by atoms with van der Waals surface area (Å²) in [7, 11) is 0. The molecule has 0 N–H and O–H groups in total. The predicted molar refractivity (Wildman–Crippen MR) is 117 cm³/mol. The van der Waals surface area contributed by atoms with Gasteiger partial charge in [-0.2, -0.15) is 0 Å². The maximum atomic E-state index is 2.65. The summed E-state index contributed by atoms with van der Waals surface area (Å²) in [5.41, 5.74) is 9.50. The number of fused-ring (bicyclic) bond motifs is 3. The summed E-state index contributed by atoms with van der Waals surface area (Å²) in [5.74, 6) is 2.62. The normalized spacial score (nSPS) is 18.9. The molecule has 1 heteroatoms. The molecule has 0 aliphatic heterocycles. The van der Waals surface area contributed by atoms with Crippen molar-refractivity contribution in [2.75, 3.05) is 0 Å². The number of benzene rings is 2. The van der Waals surface area contributed by atoms with Crippen molar-refractivity contribution >= 4 is 0 Å². The zero-order valence-corrected chi connectivity index (χ0v) is 20.5. The fraction of sp³-hybridized carbons (Fsp3) is 0.407. The molecule has 2 aliphatic rings. The first-order chi connectivity index (χ1) is 13.4. The van der Waals surface area contributed by atoms with Crippen LogP contribution in [0.4, 0.5) is 0 Å². The van der Waals surface area contributed by atoms with Crippen molar-refractivity contribution in [3.8, 4) is 11.1 Å². The molecule has 2 aromatic carbocycles. The predicted octanol–water partition coefficient (Wildman–Crippen LogP) is 7.62. The molecule has 2 aliphatic carbocycles. The van der Waals surface area contributed by atoms with Crippen LogP contribution in [0.25, 0.3) is 11.1 Å². The van der Waals surface area contributed by atoms with Gasteiger partial charge < -0.3 is 0 Å². The molecule has 144 valence electrons. The van der Waals surface area contributed by atoms with E-state index in [1.54, 1.807) is 22.3 Å². The maximum absolute atomic E-state index is 2.65. The molecule has 0 aromatic heterocycles. The Hall–Kier alpha value is -1.20. The van der Waals surface area contributed by atoms with Crippen molar-refractivity contribution in [3.63, 3.8) is 0 Å². The molecule has 0 saturated heterocycles. The third kappa shape index (κ3) is 3.35. The van der Waals surface area contributed by atoms with Gasteiger partial charge in [0, 0.05) is 0 Å². The second kappa shape index (κ2) is 7.91. The van der Waals surface area contributed by atoms with Crippen LogP contribution in [-0.2, 0) is 23.2 Å². The van der Waals surface area contributed by atoms with Crippen molar-refractivity contribution in [3.05, 3.63) is 80.2 Å². The van der Waals surface area contributed by atoms with Gasteiger partial charge in [-0.1, -0.05) is 0 Å². The Labute approximate surface area is 182 Å². The van der Waals surface area contributed by atoms with Crippen LogP contribution in [0, 0.1) is 23.7 Å². The van der Waals surface area contributed by atoms with E-state index in [1.165, 1.54) is 11.1 Å². The summed E-state index contributed by atoms with van der Waals surface area (Å²) in [4.78, 5) is 0. The molecule has 0 spiro atoms. The van der Waals surface area contributed by atoms with E-state index in [9.17, 15) is 0 Å². The van der Waals surface area contributed by atoms with Crippen LogP contribution >= 0.6 is 0 Å². The Morgan fingerprint density at radius 2 is 1.25 bits per heavy atom. The molecule has 0 nitrogen and oxygen atoms in total. The third-order valence-corrected chi connectivity index (χ3v) is 10.5. The molecule has 0 saturated carbocycles. The van der Waals surface area contributed by atoms with Crippen LogP contribution in [0.3, 0.4) is 0 Å². The van der Waals surface area contributed by atoms with Crippen LogP contribution in [0.2, 0.25) is 0 Å². The Kier molecular flexibility index (Phi) is 5.67. The van der Waals surface area contributed by atoms with E-state index in [-0.39, 0.29) is 0 Å². The SMILES string of the molecule is CC(C)C1=C(C(C)C)C(C(C)C)[C]([Zr][CH]2c3ccccc3-c3ccccc32)=C1. The molecule has 0 heterocycles. The minimum atomic E-state index is -0.808. The molecular weight excluding hydrogens is 416 g/mol. The van der Waals surface area contributed by atoms with Gasteiger partial charge in [0.05, 0.1) is 0 Å². The summed E-state index contributed by atoms with van der Waals surface area (Å²) < 4.78 is 2.48. The summed E-state index contributed by atoms with van der Waals surface area (Å²) >= 11 is -0.808. The number of allylic oxidation sites excluding steroid dienone is 4. The van der Waals surface area contributed by atoms with E-state index in [4.69, 9.17) is 0 Å². The monoisotopic (exact) mass is 446 g/mol. The van der Waals surface area contributed by atoms with E-state index < -0.39 is 23.2 Å². The molecule has 1 unspecified atom stereocenters. The van der Waals surface area contributed by atoms with Gasteiger partial charge >= 0.3 is 183 Å². The first-order valence-electron chi connectivity index (χ1n) is 10.8. The Balaban J connectivity index is 1.76. The van der Waals surface area contributed by atoms with Gasteiger partial charge in [0.2, 0.25) is 0 Å². The topological polar surface area (TPSA) is 0 Å². The Morgan fingerprint density at radius 3 is 1.71 bits per heavy atom. The first kappa shape index (κ1) is 20.1. The number of rotatable bonds is 5.